The van der Waals surface area contributed by atoms with Gasteiger partial charge in [0.15, 0.2) is 5.54 Å². The highest BCUT2D eigenvalue weighted by molar-refractivity contribution is 6.07. The van der Waals surface area contributed by atoms with E-state index in [0.717, 1.165) is 4.90 Å². The first-order valence-electron chi connectivity index (χ1n) is 6.50. The van der Waals surface area contributed by atoms with E-state index in [0.29, 0.717) is 12.2 Å². The summed E-state index contributed by atoms with van der Waals surface area (Å²) in [6.07, 6.45) is 3.10. The molecule has 0 aromatic carbocycles. The molecule has 2 rings (SSSR count). The van der Waals surface area contributed by atoms with Crippen molar-refractivity contribution in [2.45, 2.75) is 25.8 Å². The van der Waals surface area contributed by atoms with Crippen LogP contribution in [0.1, 0.15) is 26.0 Å². The van der Waals surface area contributed by atoms with E-state index in [-0.39, 0.29) is 12.1 Å². The van der Waals surface area contributed by atoms with E-state index < -0.39 is 23.4 Å². The van der Waals surface area contributed by atoms with Crippen LogP contribution in [-0.2, 0) is 15.1 Å². The van der Waals surface area contributed by atoms with Crippen molar-refractivity contribution >= 4 is 17.9 Å². The Hall–Kier alpha value is -2.57. The summed E-state index contributed by atoms with van der Waals surface area (Å²) in [7, 11) is 0. The number of furan rings is 1. The van der Waals surface area contributed by atoms with Crippen LogP contribution in [0.2, 0.25) is 0 Å². The normalized spacial score (nSPS) is 22.6. The summed E-state index contributed by atoms with van der Waals surface area (Å²) in [4.78, 5) is 36.3. The maximum absolute atomic E-state index is 12.4. The predicted molar refractivity (Wildman–Crippen MR) is 72.3 cm³/mol. The van der Waals surface area contributed by atoms with Crippen molar-refractivity contribution < 1.29 is 23.9 Å². The van der Waals surface area contributed by atoms with E-state index in [2.05, 4.69) is 5.32 Å². The number of carbonyl (C=O) groups is 3. The average molecular weight is 292 g/mol. The summed E-state index contributed by atoms with van der Waals surface area (Å²) in [6, 6.07) is 2.66. The molecule has 1 aromatic rings. The molecular formula is C14H16N2O5. The standard InChI is InChI=1S/C14H16N2O5/c1-3-9(11(17)18)6-7-16-12(19)14(2,15-13(16)20)10-5-4-8-21-10/h4-6,8H,3,7H2,1-2H3,(H,15,20)(H,17,18). The van der Waals surface area contributed by atoms with Gasteiger partial charge in [0.05, 0.1) is 6.26 Å². The van der Waals surface area contributed by atoms with Gasteiger partial charge in [0.25, 0.3) is 5.91 Å². The fourth-order valence-corrected chi connectivity index (χ4v) is 2.18. The lowest BCUT2D eigenvalue weighted by molar-refractivity contribution is -0.133. The third-order valence-electron chi connectivity index (χ3n) is 3.46. The van der Waals surface area contributed by atoms with Gasteiger partial charge in [-0.3, -0.25) is 9.69 Å². The Kier molecular flexibility index (Phi) is 3.84. The summed E-state index contributed by atoms with van der Waals surface area (Å²) in [5.74, 6) is -1.20. The third kappa shape index (κ3) is 2.54. The van der Waals surface area contributed by atoms with Gasteiger partial charge in [0.2, 0.25) is 0 Å². The van der Waals surface area contributed by atoms with Crippen molar-refractivity contribution in [3.05, 3.63) is 35.8 Å². The van der Waals surface area contributed by atoms with E-state index in [9.17, 15) is 14.4 Å². The second-order valence-corrected chi connectivity index (χ2v) is 4.84. The van der Waals surface area contributed by atoms with Gasteiger partial charge in [-0.05, 0) is 25.5 Å². The van der Waals surface area contributed by atoms with Crippen LogP contribution in [0.15, 0.2) is 34.5 Å². The molecule has 0 bridgehead atoms. The second kappa shape index (κ2) is 5.43. The fraction of sp³-hybridized carbons (Fsp3) is 0.357. The molecule has 0 radical (unpaired) electrons. The van der Waals surface area contributed by atoms with Gasteiger partial charge in [-0.2, -0.15) is 0 Å². The number of urea groups is 1. The molecular weight excluding hydrogens is 276 g/mol. The minimum Gasteiger partial charge on any atom is -0.478 e. The number of carboxylic acid groups (broad SMARTS) is 1. The number of imide groups is 1. The molecule has 7 nitrogen and oxygen atoms in total. The zero-order chi connectivity index (χ0) is 15.6. The first-order valence-corrected chi connectivity index (χ1v) is 6.50. The monoisotopic (exact) mass is 292 g/mol. The van der Waals surface area contributed by atoms with Gasteiger partial charge in [0, 0.05) is 12.1 Å². The van der Waals surface area contributed by atoms with E-state index in [1.54, 1.807) is 26.0 Å². The fourth-order valence-electron chi connectivity index (χ4n) is 2.18. The first kappa shape index (κ1) is 14.8. The van der Waals surface area contributed by atoms with Crippen molar-refractivity contribution in [2.24, 2.45) is 0 Å². The van der Waals surface area contributed by atoms with Crippen LogP contribution in [0.4, 0.5) is 4.79 Å². The Bertz CT molecular complexity index is 605. The summed E-state index contributed by atoms with van der Waals surface area (Å²) in [6.45, 7) is 3.16. The number of carboxylic acids is 1. The van der Waals surface area contributed by atoms with Crippen LogP contribution < -0.4 is 5.32 Å². The number of hydrogen-bond donors (Lipinski definition) is 2. The smallest absolute Gasteiger partial charge is 0.331 e. The number of amides is 3. The summed E-state index contributed by atoms with van der Waals surface area (Å²) in [5.41, 5.74) is -1.11. The molecule has 1 saturated heterocycles. The van der Waals surface area contributed by atoms with E-state index >= 15 is 0 Å². The van der Waals surface area contributed by atoms with E-state index in [1.807, 2.05) is 0 Å². The van der Waals surface area contributed by atoms with Crippen LogP contribution in [0.25, 0.3) is 0 Å². The van der Waals surface area contributed by atoms with Crippen LogP contribution in [0, 0.1) is 0 Å². The number of nitrogens with one attached hydrogen (secondary N) is 1. The largest absolute Gasteiger partial charge is 0.478 e. The number of carbonyl (C=O) groups excluding carboxylic acids is 2. The molecule has 1 aliphatic heterocycles. The quantitative estimate of drug-likeness (QED) is 0.632. The third-order valence-corrected chi connectivity index (χ3v) is 3.46. The number of rotatable bonds is 5. The Morgan fingerprint density at radius 2 is 2.24 bits per heavy atom. The lowest BCUT2D eigenvalue weighted by atomic mass is 9.99. The molecule has 0 aliphatic carbocycles. The highest BCUT2D eigenvalue weighted by atomic mass is 16.4. The van der Waals surface area contributed by atoms with Gasteiger partial charge >= 0.3 is 12.0 Å². The lowest BCUT2D eigenvalue weighted by Gasteiger charge is -2.18. The van der Waals surface area contributed by atoms with Crippen LogP contribution in [0.3, 0.4) is 0 Å². The van der Waals surface area contributed by atoms with Crippen molar-refractivity contribution in [3.63, 3.8) is 0 Å². The van der Waals surface area contributed by atoms with Crippen LogP contribution >= 0.6 is 0 Å². The van der Waals surface area contributed by atoms with Crippen molar-refractivity contribution in [1.82, 2.24) is 10.2 Å². The van der Waals surface area contributed by atoms with Gasteiger partial charge in [-0.15, -0.1) is 0 Å². The first-order chi connectivity index (χ1) is 9.90. The van der Waals surface area contributed by atoms with Crippen molar-refractivity contribution in [1.29, 1.82) is 0 Å². The second-order valence-electron chi connectivity index (χ2n) is 4.84. The van der Waals surface area contributed by atoms with Gasteiger partial charge < -0.3 is 14.8 Å². The number of aliphatic carboxylic acids is 1. The molecule has 1 aromatic heterocycles. The highest BCUT2D eigenvalue weighted by Crippen LogP contribution is 2.29. The van der Waals surface area contributed by atoms with Gasteiger partial charge in [-0.1, -0.05) is 13.0 Å². The molecule has 2 N–H and O–H groups in total. The number of nitrogens with zero attached hydrogens (tertiary/aromatic N) is 1. The minimum absolute atomic E-state index is 0.0869. The van der Waals surface area contributed by atoms with Crippen molar-refractivity contribution in [3.8, 4) is 0 Å². The Morgan fingerprint density at radius 3 is 2.76 bits per heavy atom. The predicted octanol–water partition coefficient (Wildman–Crippen LogP) is 1.47. The molecule has 1 unspecified atom stereocenters. The molecule has 7 heteroatoms. The van der Waals surface area contributed by atoms with Crippen molar-refractivity contribution in [2.75, 3.05) is 6.54 Å². The number of hydrogen-bond acceptors (Lipinski definition) is 4. The molecule has 1 fully saturated rings. The molecule has 0 saturated carbocycles. The Balaban J connectivity index is 2.22. The molecule has 112 valence electrons. The summed E-state index contributed by atoms with van der Waals surface area (Å²) >= 11 is 0. The zero-order valence-electron chi connectivity index (χ0n) is 11.8. The molecule has 0 spiro atoms. The van der Waals surface area contributed by atoms with Gasteiger partial charge in [-0.25, -0.2) is 9.59 Å². The van der Waals surface area contributed by atoms with E-state index in [4.69, 9.17) is 9.52 Å². The Morgan fingerprint density at radius 1 is 1.52 bits per heavy atom. The average Bonchev–Trinajstić information content (AvgIpc) is 3.02. The van der Waals surface area contributed by atoms with Gasteiger partial charge in [0.1, 0.15) is 5.76 Å². The Labute approximate surface area is 121 Å². The topological polar surface area (TPSA) is 99.9 Å². The SMILES string of the molecule is CCC(=CCN1C(=O)NC(C)(c2ccco2)C1=O)C(=O)O. The van der Waals surface area contributed by atoms with Crippen LogP contribution in [0.5, 0.6) is 0 Å². The lowest BCUT2D eigenvalue weighted by Crippen LogP contribution is -2.40. The maximum Gasteiger partial charge on any atom is 0.331 e. The maximum atomic E-state index is 12.4. The summed E-state index contributed by atoms with van der Waals surface area (Å²) in [5, 5.41) is 11.5. The molecule has 1 atom stereocenters. The minimum atomic E-state index is -1.26. The van der Waals surface area contributed by atoms with Crippen LogP contribution in [-0.4, -0.2) is 34.5 Å². The molecule has 2 heterocycles. The highest BCUT2D eigenvalue weighted by Gasteiger charge is 2.50. The molecule has 3 amide bonds. The molecule has 21 heavy (non-hydrogen) atoms. The molecule has 1 aliphatic rings. The summed E-state index contributed by atoms with van der Waals surface area (Å²) < 4.78 is 5.20. The van der Waals surface area contributed by atoms with E-state index in [1.165, 1.54) is 12.3 Å². The zero-order valence-corrected chi connectivity index (χ0v) is 11.8.